The monoisotopic (exact) mass is 342 g/mol. The minimum absolute atomic E-state index is 0.0845. The average molecular weight is 343 g/mol. The fourth-order valence-corrected chi connectivity index (χ4v) is 2.81. The first kappa shape index (κ1) is 16.0. The summed E-state index contributed by atoms with van der Waals surface area (Å²) in [4.78, 5) is 12.3. The third-order valence-corrected chi connectivity index (χ3v) is 3.91. The summed E-state index contributed by atoms with van der Waals surface area (Å²) < 4.78 is 10.8. The number of nitrogens with one attached hydrogen (secondary N) is 2. The van der Waals surface area contributed by atoms with Crippen LogP contribution in [0.2, 0.25) is 5.02 Å². The molecule has 0 unspecified atom stereocenters. The van der Waals surface area contributed by atoms with E-state index in [9.17, 15) is 4.79 Å². The molecule has 0 aliphatic carbocycles. The number of rotatable bonds is 4. The molecule has 2 aromatic carbocycles. The minimum Gasteiger partial charge on any atom is -0.493 e. The number of halogens is 1. The first-order chi connectivity index (χ1) is 11.6. The quantitative estimate of drug-likeness (QED) is 0.838. The van der Waals surface area contributed by atoms with Crippen LogP contribution in [-0.4, -0.2) is 19.6 Å². The number of amides is 1. The molecule has 0 spiro atoms. The maximum Gasteiger partial charge on any atom is 0.255 e. The zero-order valence-electron chi connectivity index (χ0n) is 12.9. The zero-order valence-corrected chi connectivity index (χ0v) is 13.7. The summed E-state index contributed by atoms with van der Waals surface area (Å²) in [7, 11) is 1.51. The Morgan fingerprint density at radius 3 is 2.83 bits per heavy atom. The number of carbonyl (C=O) groups excluding carboxylic acids is 1. The molecule has 0 saturated carbocycles. The Morgan fingerprint density at radius 1 is 1.29 bits per heavy atom. The molecule has 1 aliphatic heterocycles. The van der Waals surface area contributed by atoms with Crippen LogP contribution in [-0.2, 0) is 0 Å². The third-order valence-electron chi connectivity index (χ3n) is 3.63. The topological polar surface area (TPSA) is 59.6 Å². The maximum absolute atomic E-state index is 12.3. The van der Waals surface area contributed by atoms with Crippen molar-refractivity contribution in [3.05, 3.63) is 52.5 Å². The van der Waals surface area contributed by atoms with Crippen molar-refractivity contribution in [1.82, 2.24) is 5.32 Å². The van der Waals surface area contributed by atoms with Gasteiger partial charge in [0.15, 0.2) is 11.5 Å². The van der Waals surface area contributed by atoms with E-state index in [1.54, 1.807) is 18.2 Å². The Kier molecular flexibility index (Phi) is 4.50. The fourth-order valence-electron chi connectivity index (χ4n) is 2.53. The van der Waals surface area contributed by atoms with Crippen LogP contribution in [0.1, 0.15) is 22.1 Å². The molecule has 24 heavy (non-hydrogen) atoms. The molecule has 0 fully saturated rings. The number of carbonyl (C=O) groups is 1. The van der Waals surface area contributed by atoms with Crippen LogP contribution in [0.4, 0.5) is 5.69 Å². The lowest BCUT2D eigenvalue weighted by molar-refractivity contribution is 0.0935. The van der Waals surface area contributed by atoms with Crippen molar-refractivity contribution < 1.29 is 14.3 Å². The van der Waals surface area contributed by atoms with Crippen LogP contribution >= 0.6 is 11.6 Å². The molecule has 2 N–H and O–H groups in total. The van der Waals surface area contributed by atoms with Crippen LogP contribution in [0, 0.1) is 12.3 Å². The van der Waals surface area contributed by atoms with E-state index in [2.05, 4.69) is 16.6 Å². The number of fused-ring (bicyclic) bond motifs is 1. The lowest BCUT2D eigenvalue weighted by Gasteiger charge is -2.28. The van der Waals surface area contributed by atoms with Gasteiger partial charge < -0.3 is 20.1 Å². The Balaban J connectivity index is 1.95. The van der Waals surface area contributed by atoms with Gasteiger partial charge in [-0.1, -0.05) is 29.7 Å². The van der Waals surface area contributed by atoms with Gasteiger partial charge in [0, 0.05) is 5.69 Å². The fraction of sp³-hybridized carbons (Fsp3) is 0.167. The van der Waals surface area contributed by atoms with Crippen LogP contribution in [0.5, 0.6) is 11.5 Å². The molecular formula is C18H15ClN2O3. The summed E-state index contributed by atoms with van der Waals surface area (Å²) in [5, 5.41) is 6.51. The van der Waals surface area contributed by atoms with Gasteiger partial charge in [-0.15, -0.1) is 6.42 Å². The van der Waals surface area contributed by atoms with Crippen LogP contribution < -0.4 is 20.1 Å². The molecule has 0 saturated heterocycles. The van der Waals surface area contributed by atoms with Gasteiger partial charge in [-0.3, -0.25) is 4.79 Å². The van der Waals surface area contributed by atoms with Gasteiger partial charge in [0.2, 0.25) is 0 Å². The van der Waals surface area contributed by atoms with E-state index in [0.29, 0.717) is 22.1 Å². The number of hydrogen-bond acceptors (Lipinski definition) is 4. The standard InChI is InChI=1S/C18H15ClN2O3/c1-3-8-24-16-13(19)9-11(10-15(16)23-2)17-20-14-7-5-4-6-12(14)18(22)21-17/h1,4-7,9-10,17,20H,8H2,2H3,(H,21,22)/t17-/m0/s1. The van der Waals surface area contributed by atoms with Crippen molar-refractivity contribution in [2.45, 2.75) is 6.17 Å². The first-order valence-electron chi connectivity index (χ1n) is 7.24. The highest BCUT2D eigenvalue weighted by atomic mass is 35.5. The molecule has 1 atom stereocenters. The molecular weight excluding hydrogens is 328 g/mol. The first-order valence-corrected chi connectivity index (χ1v) is 7.62. The summed E-state index contributed by atoms with van der Waals surface area (Å²) in [6.07, 6.45) is 4.78. The van der Waals surface area contributed by atoms with E-state index in [-0.39, 0.29) is 12.5 Å². The maximum atomic E-state index is 12.3. The van der Waals surface area contributed by atoms with Gasteiger partial charge in [0.1, 0.15) is 12.8 Å². The predicted octanol–water partition coefficient (Wildman–Crippen LogP) is 3.21. The Hall–Kier alpha value is -2.84. The largest absolute Gasteiger partial charge is 0.493 e. The van der Waals surface area contributed by atoms with Gasteiger partial charge in [-0.2, -0.15) is 0 Å². The van der Waals surface area contributed by atoms with Crippen molar-refractivity contribution in [2.75, 3.05) is 19.0 Å². The van der Waals surface area contributed by atoms with Crippen molar-refractivity contribution in [3.63, 3.8) is 0 Å². The van der Waals surface area contributed by atoms with E-state index < -0.39 is 6.17 Å². The van der Waals surface area contributed by atoms with Gasteiger partial charge in [-0.25, -0.2) is 0 Å². The predicted molar refractivity (Wildman–Crippen MR) is 92.6 cm³/mol. The zero-order chi connectivity index (χ0) is 17.1. The highest BCUT2D eigenvalue weighted by molar-refractivity contribution is 6.32. The molecule has 0 bridgehead atoms. The summed E-state index contributed by atoms with van der Waals surface area (Å²) in [6, 6.07) is 10.8. The number of ether oxygens (including phenoxy) is 2. The molecule has 1 amide bonds. The van der Waals surface area contributed by atoms with Gasteiger partial charge in [-0.05, 0) is 29.8 Å². The second-order valence-corrected chi connectivity index (χ2v) is 5.53. The molecule has 2 aromatic rings. The van der Waals surface area contributed by atoms with E-state index in [0.717, 1.165) is 11.3 Å². The Morgan fingerprint density at radius 2 is 2.08 bits per heavy atom. The summed E-state index contributed by atoms with van der Waals surface area (Å²) >= 11 is 6.29. The minimum atomic E-state index is -0.430. The number of benzene rings is 2. The normalized spacial score (nSPS) is 15.5. The molecule has 5 nitrogen and oxygen atoms in total. The van der Waals surface area contributed by atoms with Crippen molar-refractivity contribution in [2.24, 2.45) is 0 Å². The second kappa shape index (κ2) is 6.73. The lowest BCUT2D eigenvalue weighted by atomic mass is 10.1. The van der Waals surface area contributed by atoms with Crippen LogP contribution in [0.25, 0.3) is 0 Å². The second-order valence-electron chi connectivity index (χ2n) is 5.12. The molecule has 122 valence electrons. The van der Waals surface area contributed by atoms with E-state index in [4.69, 9.17) is 27.5 Å². The molecule has 1 aliphatic rings. The van der Waals surface area contributed by atoms with E-state index in [1.807, 2.05) is 18.2 Å². The van der Waals surface area contributed by atoms with Crippen molar-refractivity contribution in [3.8, 4) is 23.8 Å². The smallest absolute Gasteiger partial charge is 0.255 e. The average Bonchev–Trinajstić information content (AvgIpc) is 2.60. The number of para-hydroxylation sites is 1. The lowest BCUT2D eigenvalue weighted by Crippen LogP contribution is -2.38. The van der Waals surface area contributed by atoms with Gasteiger partial charge in [0.25, 0.3) is 5.91 Å². The van der Waals surface area contributed by atoms with Gasteiger partial charge >= 0.3 is 0 Å². The molecule has 0 aromatic heterocycles. The summed E-state index contributed by atoms with van der Waals surface area (Å²) in [5.74, 6) is 3.05. The van der Waals surface area contributed by atoms with E-state index in [1.165, 1.54) is 7.11 Å². The molecule has 0 radical (unpaired) electrons. The number of methoxy groups -OCH3 is 1. The SMILES string of the molecule is C#CCOc1c(Cl)cc([C@@H]2NC(=O)c3ccccc3N2)cc1OC. The molecule has 6 heteroatoms. The number of hydrogen-bond donors (Lipinski definition) is 2. The molecule has 3 rings (SSSR count). The van der Waals surface area contributed by atoms with Gasteiger partial charge in [0.05, 0.1) is 17.7 Å². The Bertz CT molecular complexity index is 829. The highest BCUT2D eigenvalue weighted by Crippen LogP contribution is 2.39. The molecule has 1 heterocycles. The summed E-state index contributed by atoms with van der Waals surface area (Å²) in [6.45, 7) is 0.0845. The Labute approximate surface area is 144 Å². The van der Waals surface area contributed by atoms with Crippen LogP contribution in [0.3, 0.4) is 0 Å². The van der Waals surface area contributed by atoms with Crippen LogP contribution in [0.15, 0.2) is 36.4 Å². The number of anilines is 1. The summed E-state index contributed by atoms with van der Waals surface area (Å²) in [5.41, 5.74) is 2.10. The number of terminal acetylenes is 1. The van der Waals surface area contributed by atoms with Crippen molar-refractivity contribution >= 4 is 23.2 Å². The van der Waals surface area contributed by atoms with E-state index >= 15 is 0 Å². The highest BCUT2D eigenvalue weighted by Gasteiger charge is 2.26. The third kappa shape index (κ3) is 2.97. The van der Waals surface area contributed by atoms with Crippen molar-refractivity contribution in [1.29, 1.82) is 0 Å².